The Bertz CT molecular complexity index is 173. The van der Waals surface area contributed by atoms with Crippen LogP contribution in [-0.4, -0.2) is 36.9 Å². The molecule has 0 saturated carbocycles. The van der Waals surface area contributed by atoms with Gasteiger partial charge in [-0.3, -0.25) is 4.79 Å². The number of nitrogens with one attached hydrogen (secondary N) is 1. The number of ether oxygens (including phenoxy) is 1. The van der Waals surface area contributed by atoms with E-state index in [1.54, 1.807) is 7.11 Å². The number of hydrogen-bond acceptors (Lipinski definition) is 3. The molecule has 84 valence electrons. The summed E-state index contributed by atoms with van der Waals surface area (Å²) in [7, 11) is 1.63. The molecule has 0 radical (unpaired) electrons. The van der Waals surface area contributed by atoms with Gasteiger partial charge in [-0.25, -0.2) is 0 Å². The van der Waals surface area contributed by atoms with Crippen molar-refractivity contribution < 1.29 is 14.6 Å². The highest BCUT2D eigenvalue weighted by molar-refractivity contribution is 5.78. The normalized spacial score (nSPS) is 15.1. The standard InChI is InChI=1S/C10H21NO3/c1-4-10(9(12)13,11-5-2)7-6-8-14-3/h11H,4-8H2,1-3H3,(H,12,13). The van der Waals surface area contributed by atoms with E-state index < -0.39 is 11.5 Å². The quantitative estimate of drug-likeness (QED) is 0.583. The first-order valence-electron chi connectivity index (χ1n) is 5.10. The van der Waals surface area contributed by atoms with E-state index in [1.807, 2.05) is 13.8 Å². The zero-order valence-corrected chi connectivity index (χ0v) is 9.30. The molecule has 2 N–H and O–H groups in total. The maximum Gasteiger partial charge on any atom is 0.323 e. The van der Waals surface area contributed by atoms with Crippen LogP contribution in [0.15, 0.2) is 0 Å². The Morgan fingerprint density at radius 2 is 2.14 bits per heavy atom. The van der Waals surface area contributed by atoms with Gasteiger partial charge in [0.05, 0.1) is 0 Å². The van der Waals surface area contributed by atoms with Crippen molar-refractivity contribution in [1.82, 2.24) is 5.32 Å². The molecule has 0 fully saturated rings. The van der Waals surface area contributed by atoms with Crippen LogP contribution in [-0.2, 0) is 9.53 Å². The molecule has 0 aliphatic rings. The van der Waals surface area contributed by atoms with E-state index >= 15 is 0 Å². The first-order chi connectivity index (χ1) is 6.63. The molecule has 0 saturated heterocycles. The zero-order chi connectivity index (χ0) is 11.0. The number of likely N-dealkylation sites (N-methyl/N-ethyl adjacent to an activating group) is 1. The lowest BCUT2D eigenvalue weighted by molar-refractivity contribution is -0.145. The van der Waals surface area contributed by atoms with Gasteiger partial charge in [0.2, 0.25) is 0 Å². The number of rotatable bonds is 8. The molecule has 0 rings (SSSR count). The lowest BCUT2D eigenvalue weighted by atomic mass is 9.90. The Balaban J connectivity index is 4.26. The van der Waals surface area contributed by atoms with Gasteiger partial charge in [0.25, 0.3) is 0 Å². The number of carboxylic acid groups (broad SMARTS) is 1. The minimum absolute atomic E-state index is 0.597. The fourth-order valence-corrected chi connectivity index (χ4v) is 1.58. The van der Waals surface area contributed by atoms with Gasteiger partial charge in [-0.2, -0.15) is 0 Å². The summed E-state index contributed by atoms with van der Waals surface area (Å²) in [5.74, 6) is -0.766. The summed E-state index contributed by atoms with van der Waals surface area (Å²) < 4.78 is 4.92. The Kier molecular flexibility index (Phi) is 6.49. The molecule has 0 heterocycles. The van der Waals surface area contributed by atoms with E-state index in [0.717, 1.165) is 6.42 Å². The molecule has 0 bridgehead atoms. The van der Waals surface area contributed by atoms with Gasteiger partial charge >= 0.3 is 5.97 Å². The van der Waals surface area contributed by atoms with Crippen molar-refractivity contribution in [3.8, 4) is 0 Å². The Hall–Kier alpha value is -0.610. The molecule has 0 aliphatic heterocycles. The van der Waals surface area contributed by atoms with Gasteiger partial charge in [0, 0.05) is 13.7 Å². The van der Waals surface area contributed by atoms with Crippen LogP contribution in [0.3, 0.4) is 0 Å². The van der Waals surface area contributed by atoms with E-state index in [-0.39, 0.29) is 0 Å². The third-order valence-corrected chi connectivity index (χ3v) is 2.48. The van der Waals surface area contributed by atoms with E-state index in [1.165, 1.54) is 0 Å². The van der Waals surface area contributed by atoms with E-state index in [4.69, 9.17) is 9.84 Å². The summed E-state index contributed by atoms with van der Waals surface area (Å²) >= 11 is 0. The topological polar surface area (TPSA) is 58.6 Å². The molecule has 0 aromatic heterocycles. The first kappa shape index (κ1) is 13.4. The molecule has 0 aromatic carbocycles. The lowest BCUT2D eigenvalue weighted by Crippen LogP contribution is -2.51. The van der Waals surface area contributed by atoms with Gasteiger partial charge in [-0.1, -0.05) is 13.8 Å². The second-order valence-electron chi connectivity index (χ2n) is 3.37. The molecule has 1 atom stereocenters. The van der Waals surface area contributed by atoms with Crippen molar-refractivity contribution >= 4 is 5.97 Å². The molecule has 0 amide bonds. The van der Waals surface area contributed by atoms with Crippen LogP contribution in [0.5, 0.6) is 0 Å². The highest BCUT2D eigenvalue weighted by Crippen LogP contribution is 2.17. The molecular weight excluding hydrogens is 182 g/mol. The van der Waals surface area contributed by atoms with E-state index in [0.29, 0.717) is 26.0 Å². The van der Waals surface area contributed by atoms with Crippen LogP contribution in [0.4, 0.5) is 0 Å². The maximum absolute atomic E-state index is 11.1. The molecule has 0 aromatic rings. The maximum atomic E-state index is 11.1. The van der Waals surface area contributed by atoms with Crippen molar-refractivity contribution in [3.63, 3.8) is 0 Å². The fourth-order valence-electron chi connectivity index (χ4n) is 1.58. The largest absolute Gasteiger partial charge is 0.480 e. The molecule has 14 heavy (non-hydrogen) atoms. The van der Waals surface area contributed by atoms with Gasteiger partial charge in [-0.05, 0) is 25.8 Å². The van der Waals surface area contributed by atoms with Gasteiger partial charge in [0.15, 0.2) is 0 Å². The SMILES string of the molecule is CCNC(CC)(CCCOC)C(=O)O. The third-order valence-electron chi connectivity index (χ3n) is 2.48. The lowest BCUT2D eigenvalue weighted by Gasteiger charge is -2.28. The number of methoxy groups -OCH3 is 1. The zero-order valence-electron chi connectivity index (χ0n) is 9.30. The summed E-state index contributed by atoms with van der Waals surface area (Å²) in [4.78, 5) is 11.1. The van der Waals surface area contributed by atoms with Crippen molar-refractivity contribution in [2.45, 2.75) is 38.6 Å². The third kappa shape index (κ3) is 3.64. The van der Waals surface area contributed by atoms with Crippen LogP contribution in [0.1, 0.15) is 33.1 Å². The molecular formula is C10H21NO3. The Labute approximate surface area is 85.6 Å². The molecule has 4 nitrogen and oxygen atoms in total. The van der Waals surface area contributed by atoms with Crippen LogP contribution < -0.4 is 5.32 Å². The summed E-state index contributed by atoms with van der Waals surface area (Å²) in [5, 5.41) is 12.2. The van der Waals surface area contributed by atoms with Crippen LogP contribution in [0, 0.1) is 0 Å². The second-order valence-corrected chi connectivity index (χ2v) is 3.37. The fraction of sp³-hybridized carbons (Fsp3) is 0.900. The van der Waals surface area contributed by atoms with Crippen molar-refractivity contribution in [2.24, 2.45) is 0 Å². The van der Waals surface area contributed by atoms with E-state index in [9.17, 15) is 4.79 Å². The molecule has 1 unspecified atom stereocenters. The van der Waals surface area contributed by atoms with Crippen molar-refractivity contribution in [1.29, 1.82) is 0 Å². The molecule has 4 heteroatoms. The van der Waals surface area contributed by atoms with Gasteiger partial charge in [0.1, 0.15) is 5.54 Å². The minimum Gasteiger partial charge on any atom is -0.480 e. The second kappa shape index (κ2) is 6.79. The average molecular weight is 203 g/mol. The first-order valence-corrected chi connectivity index (χ1v) is 5.10. The monoisotopic (exact) mass is 203 g/mol. The predicted molar refractivity (Wildman–Crippen MR) is 55.4 cm³/mol. The smallest absolute Gasteiger partial charge is 0.323 e. The summed E-state index contributed by atoms with van der Waals surface area (Å²) in [6.07, 6.45) is 1.98. The van der Waals surface area contributed by atoms with Gasteiger partial charge < -0.3 is 15.2 Å². The predicted octanol–water partition coefficient (Wildman–Crippen LogP) is 1.26. The summed E-state index contributed by atoms with van der Waals surface area (Å²) in [5.41, 5.74) is -0.771. The number of carbonyl (C=O) groups is 1. The number of carboxylic acids is 1. The highest BCUT2D eigenvalue weighted by atomic mass is 16.5. The number of aliphatic carboxylic acids is 1. The van der Waals surface area contributed by atoms with E-state index in [2.05, 4.69) is 5.32 Å². The molecule has 0 aliphatic carbocycles. The number of hydrogen-bond donors (Lipinski definition) is 2. The summed E-state index contributed by atoms with van der Waals surface area (Å²) in [6, 6.07) is 0. The van der Waals surface area contributed by atoms with Crippen LogP contribution >= 0.6 is 0 Å². The Morgan fingerprint density at radius 1 is 1.50 bits per heavy atom. The van der Waals surface area contributed by atoms with Crippen LogP contribution in [0.25, 0.3) is 0 Å². The van der Waals surface area contributed by atoms with Crippen LogP contribution in [0.2, 0.25) is 0 Å². The van der Waals surface area contributed by atoms with Crippen molar-refractivity contribution in [3.05, 3.63) is 0 Å². The Morgan fingerprint density at radius 3 is 2.50 bits per heavy atom. The van der Waals surface area contributed by atoms with Gasteiger partial charge in [-0.15, -0.1) is 0 Å². The summed E-state index contributed by atoms with van der Waals surface area (Å²) in [6.45, 7) is 5.10. The average Bonchev–Trinajstić information content (AvgIpc) is 2.16. The minimum atomic E-state index is -0.771. The van der Waals surface area contributed by atoms with Crippen molar-refractivity contribution in [2.75, 3.05) is 20.3 Å². The highest BCUT2D eigenvalue weighted by Gasteiger charge is 2.34. The molecule has 0 spiro atoms.